The van der Waals surface area contributed by atoms with Crippen molar-refractivity contribution in [3.05, 3.63) is 0 Å². The number of hydrogen-bond acceptors (Lipinski definition) is 3. The summed E-state index contributed by atoms with van der Waals surface area (Å²) in [5, 5.41) is 0. The van der Waals surface area contributed by atoms with Gasteiger partial charge in [0.25, 0.3) is 0 Å². The fourth-order valence-electron chi connectivity index (χ4n) is 3.90. The molecule has 1 heterocycles. The molecule has 0 spiro atoms. The van der Waals surface area contributed by atoms with Crippen LogP contribution >= 0.6 is 0 Å². The average molecular weight is 281 g/mol. The van der Waals surface area contributed by atoms with E-state index in [4.69, 9.17) is 5.73 Å². The maximum Gasteiger partial charge on any atom is 0.227 e. The Hall–Kier alpha value is -0.610. The summed E-state index contributed by atoms with van der Waals surface area (Å²) in [5.74, 6) is 0.947. The molecule has 1 aliphatic heterocycles. The fourth-order valence-corrected chi connectivity index (χ4v) is 3.90. The zero-order chi connectivity index (χ0) is 14.7. The van der Waals surface area contributed by atoms with Crippen LogP contribution in [0.2, 0.25) is 0 Å². The molecule has 2 N–H and O–H groups in total. The van der Waals surface area contributed by atoms with Crippen molar-refractivity contribution in [2.75, 3.05) is 26.7 Å². The molecule has 2 rings (SSSR count). The van der Waals surface area contributed by atoms with Crippen LogP contribution in [-0.4, -0.2) is 54.5 Å². The Bertz CT molecular complexity index is 334. The van der Waals surface area contributed by atoms with Gasteiger partial charge in [-0.05, 0) is 51.1 Å². The normalized spacial score (nSPS) is 35.2. The Morgan fingerprint density at radius 2 is 2.10 bits per heavy atom. The van der Waals surface area contributed by atoms with Gasteiger partial charge < -0.3 is 10.6 Å². The SMILES string of the molecule is CCN1CCCC1CN(C)C(=O)C1CC(C)CCC1N. The summed E-state index contributed by atoms with van der Waals surface area (Å²) in [6, 6.07) is 0.609. The number of carbonyl (C=O) groups excluding carboxylic acids is 1. The number of nitrogens with two attached hydrogens (primary N) is 1. The van der Waals surface area contributed by atoms with Crippen LogP contribution in [0.5, 0.6) is 0 Å². The molecule has 1 saturated carbocycles. The number of amides is 1. The lowest BCUT2D eigenvalue weighted by molar-refractivity contribution is -0.137. The number of nitrogens with zero attached hydrogens (tertiary/aromatic N) is 2. The van der Waals surface area contributed by atoms with Gasteiger partial charge in [-0.15, -0.1) is 0 Å². The van der Waals surface area contributed by atoms with Crippen LogP contribution in [0.3, 0.4) is 0 Å². The number of rotatable bonds is 4. The molecule has 2 fully saturated rings. The lowest BCUT2D eigenvalue weighted by Gasteiger charge is -2.35. The van der Waals surface area contributed by atoms with E-state index in [9.17, 15) is 4.79 Å². The van der Waals surface area contributed by atoms with Crippen molar-refractivity contribution in [1.29, 1.82) is 0 Å². The summed E-state index contributed by atoms with van der Waals surface area (Å²) in [6.07, 6.45) is 5.61. The van der Waals surface area contributed by atoms with E-state index in [1.807, 2.05) is 11.9 Å². The fraction of sp³-hybridized carbons (Fsp3) is 0.938. The molecule has 0 aromatic carbocycles. The van der Waals surface area contributed by atoms with Crippen LogP contribution in [0.25, 0.3) is 0 Å². The first-order chi connectivity index (χ1) is 9.52. The predicted molar refractivity (Wildman–Crippen MR) is 82.4 cm³/mol. The third kappa shape index (κ3) is 3.53. The van der Waals surface area contributed by atoms with E-state index in [-0.39, 0.29) is 17.9 Å². The number of carbonyl (C=O) groups is 1. The topological polar surface area (TPSA) is 49.6 Å². The lowest BCUT2D eigenvalue weighted by atomic mass is 9.78. The number of hydrogen-bond donors (Lipinski definition) is 1. The highest BCUT2D eigenvalue weighted by atomic mass is 16.2. The van der Waals surface area contributed by atoms with E-state index in [1.165, 1.54) is 25.8 Å². The van der Waals surface area contributed by atoms with Gasteiger partial charge in [-0.2, -0.15) is 0 Å². The van der Waals surface area contributed by atoms with Crippen LogP contribution in [0, 0.1) is 11.8 Å². The summed E-state index contributed by atoms with van der Waals surface area (Å²) < 4.78 is 0. The minimum Gasteiger partial charge on any atom is -0.344 e. The van der Waals surface area contributed by atoms with Crippen molar-refractivity contribution >= 4 is 5.91 Å². The Morgan fingerprint density at radius 1 is 1.35 bits per heavy atom. The molecule has 20 heavy (non-hydrogen) atoms. The smallest absolute Gasteiger partial charge is 0.227 e. The highest BCUT2D eigenvalue weighted by Gasteiger charge is 2.34. The quantitative estimate of drug-likeness (QED) is 0.853. The highest BCUT2D eigenvalue weighted by Crippen LogP contribution is 2.29. The summed E-state index contributed by atoms with van der Waals surface area (Å²) in [5.41, 5.74) is 6.18. The molecule has 4 nitrogen and oxygen atoms in total. The van der Waals surface area contributed by atoms with Crippen LogP contribution < -0.4 is 5.73 Å². The zero-order valence-corrected chi connectivity index (χ0v) is 13.3. The minimum absolute atomic E-state index is 0.0419. The molecule has 0 bridgehead atoms. The molecule has 116 valence electrons. The highest BCUT2D eigenvalue weighted by molar-refractivity contribution is 5.79. The average Bonchev–Trinajstić information content (AvgIpc) is 2.87. The molecule has 4 unspecified atom stereocenters. The van der Waals surface area contributed by atoms with E-state index in [1.54, 1.807) is 0 Å². The predicted octanol–water partition coefficient (Wildman–Crippen LogP) is 1.69. The van der Waals surface area contributed by atoms with Crippen molar-refractivity contribution in [1.82, 2.24) is 9.80 Å². The lowest BCUT2D eigenvalue weighted by Crippen LogP contribution is -2.48. The largest absolute Gasteiger partial charge is 0.344 e. The second-order valence-electron chi connectivity index (χ2n) is 6.83. The van der Waals surface area contributed by atoms with E-state index < -0.39 is 0 Å². The second-order valence-corrected chi connectivity index (χ2v) is 6.83. The van der Waals surface area contributed by atoms with Crippen molar-refractivity contribution in [3.63, 3.8) is 0 Å². The first-order valence-electron chi connectivity index (χ1n) is 8.27. The molecule has 1 amide bonds. The number of likely N-dealkylation sites (tertiary alicyclic amines) is 1. The monoisotopic (exact) mass is 281 g/mol. The third-order valence-electron chi connectivity index (χ3n) is 5.25. The Balaban J connectivity index is 1.90. The summed E-state index contributed by atoms with van der Waals surface area (Å²) >= 11 is 0. The molecule has 4 atom stereocenters. The second kappa shape index (κ2) is 6.90. The van der Waals surface area contributed by atoms with Gasteiger partial charge >= 0.3 is 0 Å². The maximum atomic E-state index is 12.7. The van der Waals surface area contributed by atoms with Crippen molar-refractivity contribution < 1.29 is 4.79 Å². The van der Waals surface area contributed by atoms with Crippen LogP contribution in [0.1, 0.15) is 46.0 Å². The number of likely N-dealkylation sites (N-methyl/N-ethyl adjacent to an activating group) is 2. The van der Waals surface area contributed by atoms with Gasteiger partial charge in [-0.25, -0.2) is 0 Å². The van der Waals surface area contributed by atoms with Crippen LogP contribution in [0.4, 0.5) is 0 Å². The van der Waals surface area contributed by atoms with Crippen molar-refractivity contribution in [2.45, 2.75) is 58.0 Å². The first-order valence-corrected chi connectivity index (χ1v) is 8.27. The molecular formula is C16H31N3O. The van der Waals surface area contributed by atoms with E-state index in [0.717, 1.165) is 25.9 Å². The van der Waals surface area contributed by atoms with Gasteiger partial charge in [-0.3, -0.25) is 9.69 Å². The Labute approximate surface area is 123 Å². The van der Waals surface area contributed by atoms with Crippen LogP contribution in [-0.2, 0) is 4.79 Å². The first kappa shape index (κ1) is 15.8. The van der Waals surface area contributed by atoms with Gasteiger partial charge in [0.1, 0.15) is 0 Å². The van der Waals surface area contributed by atoms with Gasteiger partial charge in [0.2, 0.25) is 5.91 Å². The van der Waals surface area contributed by atoms with Gasteiger partial charge in [-0.1, -0.05) is 13.8 Å². The van der Waals surface area contributed by atoms with E-state index in [2.05, 4.69) is 18.7 Å². The van der Waals surface area contributed by atoms with Crippen molar-refractivity contribution in [2.24, 2.45) is 17.6 Å². The van der Waals surface area contributed by atoms with Crippen LogP contribution in [0.15, 0.2) is 0 Å². The maximum absolute atomic E-state index is 12.7. The zero-order valence-electron chi connectivity index (χ0n) is 13.3. The van der Waals surface area contributed by atoms with Gasteiger partial charge in [0, 0.05) is 25.7 Å². The molecule has 1 saturated heterocycles. The molecule has 0 radical (unpaired) electrons. The summed E-state index contributed by atoms with van der Waals surface area (Å²) in [4.78, 5) is 17.1. The molecule has 2 aliphatic rings. The minimum atomic E-state index is 0.0419. The van der Waals surface area contributed by atoms with Gasteiger partial charge in [0.05, 0.1) is 5.92 Å². The third-order valence-corrected chi connectivity index (χ3v) is 5.25. The van der Waals surface area contributed by atoms with Crippen molar-refractivity contribution in [3.8, 4) is 0 Å². The molecule has 0 aromatic heterocycles. The Morgan fingerprint density at radius 3 is 2.80 bits per heavy atom. The summed E-state index contributed by atoms with van der Waals surface area (Å²) in [7, 11) is 1.96. The summed E-state index contributed by atoms with van der Waals surface area (Å²) in [6.45, 7) is 7.58. The van der Waals surface area contributed by atoms with E-state index >= 15 is 0 Å². The standard InChI is InChI=1S/C16H31N3O/c1-4-19-9-5-6-13(19)11-18(3)16(20)14-10-12(2)7-8-15(14)17/h12-15H,4-11,17H2,1-3H3. The molecule has 4 heteroatoms. The molecular weight excluding hydrogens is 250 g/mol. The van der Waals surface area contributed by atoms with Gasteiger partial charge in [0.15, 0.2) is 0 Å². The molecule has 1 aliphatic carbocycles. The molecule has 0 aromatic rings. The van der Waals surface area contributed by atoms with E-state index in [0.29, 0.717) is 12.0 Å². The Kier molecular flexibility index (Phi) is 5.44.